The second-order valence-corrected chi connectivity index (χ2v) is 5.43. The molecule has 0 aliphatic carbocycles. The van der Waals surface area contributed by atoms with E-state index < -0.39 is 18.4 Å². The molecular weight excluding hydrogens is 300 g/mol. The smallest absolute Gasteiger partial charge is 0.412 e. The number of nitrogens with zero attached hydrogens (tertiary/aromatic N) is 2. The highest BCUT2D eigenvalue weighted by Crippen LogP contribution is 2.28. The molecule has 2 atom stereocenters. The van der Waals surface area contributed by atoms with Crippen LogP contribution in [0.15, 0.2) is 30.3 Å². The second-order valence-electron chi connectivity index (χ2n) is 5.43. The van der Waals surface area contributed by atoms with Gasteiger partial charge < -0.3 is 9.47 Å². The molecule has 124 valence electrons. The highest BCUT2D eigenvalue weighted by Gasteiger charge is 2.44. The van der Waals surface area contributed by atoms with Gasteiger partial charge in [0.05, 0.1) is 19.7 Å². The molecule has 2 saturated heterocycles. The quantitative estimate of drug-likeness (QED) is 0.767. The van der Waals surface area contributed by atoms with Crippen LogP contribution in [-0.4, -0.2) is 54.1 Å². The maximum Gasteiger partial charge on any atom is 0.412 e. The van der Waals surface area contributed by atoms with Crippen LogP contribution in [0.3, 0.4) is 0 Å². The predicted octanol–water partition coefficient (Wildman–Crippen LogP) is 1.53. The van der Waals surface area contributed by atoms with E-state index in [0.717, 1.165) is 5.56 Å². The third kappa shape index (κ3) is 3.46. The lowest BCUT2D eigenvalue weighted by molar-refractivity contribution is -0.203. The zero-order valence-electron chi connectivity index (χ0n) is 13.0. The van der Waals surface area contributed by atoms with E-state index in [9.17, 15) is 9.59 Å². The number of carbonyl (C=O) groups excluding carboxylic acids is 2. The number of cyclic esters (lactones) is 1. The monoisotopic (exact) mass is 320 g/mol. The number of esters is 1. The molecule has 23 heavy (non-hydrogen) atoms. The third-order valence-corrected chi connectivity index (χ3v) is 3.91. The first-order valence-corrected chi connectivity index (χ1v) is 7.76. The van der Waals surface area contributed by atoms with Gasteiger partial charge >= 0.3 is 12.1 Å². The van der Waals surface area contributed by atoms with Crippen LogP contribution in [0.4, 0.5) is 4.79 Å². The van der Waals surface area contributed by atoms with Gasteiger partial charge in [-0.2, -0.15) is 5.06 Å². The van der Waals surface area contributed by atoms with Crippen LogP contribution in [0.2, 0.25) is 0 Å². The largest absolute Gasteiger partial charge is 0.465 e. The summed E-state index contributed by atoms with van der Waals surface area (Å²) in [6, 6.07) is 9.18. The van der Waals surface area contributed by atoms with E-state index in [2.05, 4.69) is 0 Å². The van der Waals surface area contributed by atoms with Crippen molar-refractivity contribution in [3.63, 3.8) is 0 Å². The summed E-state index contributed by atoms with van der Waals surface area (Å²) in [6.07, 6.45) is -0.525. The maximum atomic E-state index is 12.2. The van der Waals surface area contributed by atoms with Gasteiger partial charge in [0.2, 0.25) is 0 Å². The SMILES string of the molecule is CCOC(=O)[C@@H]1C[C@@H](N2CCOC2=O)ON1Cc1ccccc1. The number of amides is 1. The Morgan fingerprint density at radius 2 is 2.13 bits per heavy atom. The molecule has 0 aromatic heterocycles. The summed E-state index contributed by atoms with van der Waals surface area (Å²) in [6.45, 7) is 3.35. The van der Waals surface area contributed by atoms with Gasteiger partial charge in [0, 0.05) is 6.42 Å². The van der Waals surface area contributed by atoms with E-state index in [4.69, 9.17) is 14.3 Å². The molecule has 1 amide bonds. The number of carbonyl (C=O) groups is 2. The highest BCUT2D eigenvalue weighted by atomic mass is 16.7. The van der Waals surface area contributed by atoms with Crippen molar-refractivity contribution in [3.8, 4) is 0 Å². The van der Waals surface area contributed by atoms with Crippen molar-refractivity contribution in [2.24, 2.45) is 0 Å². The molecule has 2 aliphatic heterocycles. The average molecular weight is 320 g/mol. The lowest BCUT2D eigenvalue weighted by Gasteiger charge is -2.23. The van der Waals surface area contributed by atoms with E-state index in [-0.39, 0.29) is 5.97 Å². The number of ether oxygens (including phenoxy) is 2. The summed E-state index contributed by atoms with van der Waals surface area (Å²) in [5.74, 6) is -0.335. The minimum Gasteiger partial charge on any atom is -0.465 e. The molecule has 2 aliphatic rings. The van der Waals surface area contributed by atoms with E-state index in [0.29, 0.717) is 32.7 Å². The number of hydrogen-bond acceptors (Lipinski definition) is 6. The van der Waals surface area contributed by atoms with E-state index >= 15 is 0 Å². The first-order valence-electron chi connectivity index (χ1n) is 7.76. The number of benzene rings is 1. The highest BCUT2D eigenvalue weighted by molar-refractivity contribution is 5.76. The van der Waals surface area contributed by atoms with E-state index in [1.807, 2.05) is 30.3 Å². The van der Waals surface area contributed by atoms with Crippen molar-refractivity contribution < 1.29 is 23.9 Å². The Hall–Kier alpha value is -2.12. The molecule has 7 heteroatoms. The molecular formula is C16H20N2O5. The van der Waals surface area contributed by atoms with Gasteiger partial charge in [-0.25, -0.2) is 4.79 Å². The van der Waals surface area contributed by atoms with Crippen molar-refractivity contribution in [2.45, 2.75) is 32.2 Å². The van der Waals surface area contributed by atoms with Crippen molar-refractivity contribution in [1.29, 1.82) is 0 Å². The molecule has 0 spiro atoms. The van der Waals surface area contributed by atoms with E-state index in [1.165, 1.54) is 4.90 Å². The Kier molecular flexibility index (Phi) is 4.78. The average Bonchev–Trinajstić information content (AvgIpc) is 3.15. The van der Waals surface area contributed by atoms with Gasteiger partial charge in [-0.3, -0.25) is 14.5 Å². The van der Waals surface area contributed by atoms with Gasteiger partial charge in [0.1, 0.15) is 12.6 Å². The zero-order chi connectivity index (χ0) is 16.2. The standard InChI is InChI=1S/C16H20N2O5/c1-2-21-15(19)13-10-14(17-8-9-22-16(17)20)23-18(13)11-12-6-4-3-5-7-12/h3-7,13-14H,2,8-11H2,1H3/t13-,14-/m0/s1. The normalized spacial score (nSPS) is 24.7. The molecule has 0 N–H and O–H groups in total. The van der Waals surface area contributed by atoms with Crippen molar-refractivity contribution in [3.05, 3.63) is 35.9 Å². The van der Waals surface area contributed by atoms with Gasteiger partial charge in [-0.05, 0) is 12.5 Å². The molecule has 0 saturated carbocycles. The topological polar surface area (TPSA) is 68.3 Å². The van der Waals surface area contributed by atoms with Crippen LogP contribution in [0.25, 0.3) is 0 Å². The Labute approximate surface area is 134 Å². The Morgan fingerprint density at radius 1 is 1.35 bits per heavy atom. The van der Waals surface area contributed by atoms with Crippen LogP contribution >= 0.6 is 0 Å². The molecule has 1 aromatic carbocycles. The fourth-order valence-electron chi connectivity index (χ4n) is 2.80. The van der Waals surface area contributed by atoms with Crippen LogP contribution in [0, 0.1) is 0 Å². The minimum atomic E-state index is -0.534. The lowest BCUT2D eigenvalue weighted by atomic mass is 10.1. The molecule has 3 rings (SSSR count). The summed E-state index contributed by atoms with van der Waals surface area (Å²) < 4.78 is 10.1. The van der Waals surface area contributed by atoms with Gasteiger partial charge in [-0.15, -0.1) is 0 Å². The van der Waals surface area contributed by atoms with Gasteiger partial charge in [0.15, 0.2) is 6.23 Å². The third-order valence-electron chi connectivity index (χ3n) is 3.91. The number of rotatable bonds is 5. The molecule has 2 fully saturated rings. The molecule has 1 aromatic rings. The second kappa shape index (κ2) is 6.97. The zero-order valence-corrected chi connectivity index (χ0v) is 13.0. The van der Waals surface area contributed by atoms with Crippen LogP contribution < -0.4 is 0 Å². The fourth-order valence-corrected chi connectivity index (χ4v) is 2.80. The van der Waals surface area contributed by atoms with Crippen molar-refractivity contribution in [2.75, 3.05) is 19.8 Å². The molecule has 0 unspecified atom stereocenters. The summed E-state index contributed by atoms with van der Waals surface area (Å²) in [4.78, 5) is 31.3. The Morgan fingerprint density at radius 3 is 2.78 bits per heavy atom. The van der Waals surface area contributed by atoms with E-state index in [1.54, 1.807) is 12.0 Å². The van der Waals surface area contributed by atoms with Crippen molar-refractivity contribution >= 4 is 12.1 Å². The lowest BCUT2D eigenvalue weighted by Crippen LogP contribution is -2.36. The first-order chi connectivity index (χ1) is 11.2. The van der Waals surface area contributed by atoms with Crippen LogP contribution in [0.1, 0.15) is 18.9 Å². The Balaban J connectivity index is 1.73. The number of hydrogen-bond donors (Lipinski definition) is 0. The fraction of sp³-hybridized carbons (Fsp3) is 0.500. The Bertz CT molecular complexity index is 565. The summed E-state index contributed by atoms with van der Waals surface area (Å²) in [5, 5.41) is 1.60. The van der Waals surface area contributed by atoms with Crippen LogP contribution in [0.5, 0.6) is 0 Å². The summed E-state index contributed by atoms with van der Waals surface area (Å²) >= 11 is 0. The first kappa shape index (κ1) is 15.8. The van der Waals surface area contributed by atoms with Gasteiger partial charge in [0.25, 0.3) is 0 Å². The molecule has 0 radical (unpaired) electrons. The molecule has 7 nitrogen and oxygen atoms in total. The predicted molar refractivity (Wildman–Crippen MR) is 80.0 cm³/mol. The molecule has 2 heterocycles. The van der Waals surface area contributed by atoms with Crippen LogP contribution in [-0.2, 0) is 25.7 Å². The number of hydroxylamine groups is 2. The maximum absolute atomic E-state index is 12.2. The minimum absolute atomic E-state index is 0.310. The summed E-state index contributed by atoms with van der Waals surface area (Å²) in [5.41, 5.74) is 1.02. The summed E-state index contributed by atoms with van der Waals surface area (Å²) in [7, 11) is 0. The molecule has 0 bridgehead atoms. The van der Waals surface area contributed by atoms with Gasteiger partial charge in [-0.1, -0.05) is 30.3 Å². The van der Waals surface area contributed by atoms with Crippen molar-refractivity contribution in [1.82, 2.24) is 9.96 Å².